The van der Waals surface area contributed by atoms with Crippen LogP contribution in [0.15, 0.2) is 82.0 Å². The number of fused-ring (bicyclic) bond motifs is 6. The van der Waals surface area contributed by atoms with Crippen molar-refractivity contribution in [2.45, 2.75) is 0 Å². The van der Waals surface area contributed by atoms with E-state index in [9.17, 15) is 4.79 Å². The Morgan fingerprint density at radius 1 is 0.522 bits per heavy atom. The van der Waals surface area contributed by atoms with E-state index in [-0.39, 0.29) is 5.43 Å². The van der Waals surface area contributed by atoms with Gasteiger partial charge >= 0.3 is 0 Å². The molecule has 0 aliphatic heterocycles. The van der Waals surface area contributed by atoms with Gasteiger partial charge in [-0.25, -0.2) is 0 Å². The van der Waals surface area contributed by atoms with Crippen LogP contribution in [0.1, 0.15) is 0 Å². The SMILES string of the molecule is O=c1c2ccc3ccccc3c2oc2c1ccc1ccccc12. The average Bonchev–Trinajstić information content (AvgIpc) is 2.61. The molecule has 0 saturated heterocycles. The van der Waals surface area contributed by atoms with E-state index in [2.05, 4.69) is 0 Å². The summed E-state index contributed by atoms with van der Waals surface area (Å²) in [7, 11) is 0. The molecule has 23 heavy (non-hydrogen) atoms. The third-order valence-electron chi connectivity index (χ3n) is 4.45. The first-order valence-corrected chi connectivity index (χ1v) is 7.59. The molecule has 108 valence electrons. The first kappa shape index (κ1) is 12.4. The van der Waals surface area contributed by atoms with Crippen molar-refractivity contribution in [1.82, 2.24) is 0 Å². The van der Waals surface area contributed by atoms with Gasteiger partial charge in [0.1, 0.15) is 11.2 Å². The molecule has 2 heteroatoms. The predicted molar refractivity (Wildman–Crippen MR) is 95.0 cm³/mol. The second-order valence-corrected chi connectivity index (χ2v) is 5.76. The molecule has 0 bridgehead atoms. The van der Waals surface area contributed by atoms with Gasteiger partial charge in [0.25, 0.3) is 0 Å². The molecule has 4 aromatic carbocycles. The van der Waals surface area contributed by atoms with Crippen LogP contribution in [0.4, 0.5) is 0 Å². The molecule has 0 aliphatic rings. The van der Waals surface area contributed by atoms with Crippen LogP contribution in [0, 0.1) is 0 Å². The topological polar surface area (TPSA) is 30.2 Å². The first-order valence-electron chi connectivity index (χ1n) is 7.59. The molecule has 0 radical (unpaired) electrons. The van der Waals surface area contributed by atoms with Gasteiger partial charge in [-0.2, -0.15) is 0 Å². The Labute approximate surface area is 131 Å². The van der Waals surface area contributed by atoms with Gasteiger partial charge in [0.05, 0.1) is 10.8 Å². The van der Waals surface area contributed by atoms with Gasteiger partial charge < -0.3 is 4.42 Å². The summed E-state index contributed by atoms with van der Waals surface area (Å²) in [6, 6.07) is 23.6. The van der Waals surface area contributed by atoms with E-state index in [4.69, 9.17) is 4.42 Å². The molecule has 0 fully saturated rings. The van der Waals surface area contributed by atoms with Gasteiger partial charge in [0.15, 0.2) is 0 Å². The summed E-state index contributed by atoms with van der Waals surface area (Å²) in [6.45, 7) is 0. The van der Waals surface area contributed by atoms with Crippen LogP contribution in [0.25, 0.3) is 43.5 Å². The lowest BCUT2D eigenvalue weighted by atomic mass is 10.0. The molecular weight excluding hydrogens is 284 g/mol. The van der Waals surface area contributed by atoms with E-state index in [0.717, 1.165) is 21.5 Å². The van der Waals surface area contributed by atoms with Gasteiger partial charge in [-0.05, 0) is 22.9 Å². The van der Waals surface area contributed by atoms with Gasteiger partial charge in [0, 0.05) is 10.8 Å². The molecule has 5 aromatic rings. The van der Waals surface area contributed by atoms with E-state index in [1.54, 1.807) is 0 Å². The summed E-state index contributed by atoms with van der Waals surface area (Å²) in [4.78, 5) is 12.9. The fourth-order valence-corrected chi connectivity index (χ4v) is 3.31. The van der Waals surface area contributed by atoms with Crippen molar-refractivity contribution in [2.24, 2.45) is 0 Å². The van der Waals surface area contributed by atoms with Crippen LogP contribution in [0.5, 0.6) is 0 Å². The maximum Gasteiger partial charge on any atom is 0.200 e. The van der Waals surface area contributed by atoms with Gasteiger partial charge in [0.2, 0.25) is 5.43 Å². The summed E-state index contributed by atoms with van der Waals surface area (Å²) in [5.74, 6) is 0. The van der Waals surface area contributed by atoms with E-state index >= 15 is 0 Å². The maximum absolute atomic E-state index is 12.9. The highest BCUT2D eigenvalue weighted by molar-refractivity contribution is 6.11. The number of hydrogen-bond acceptors (Lipinski definition) is 2. The predicted octanol–water partition coefficient (Wildman–Crippen LogP) is 5.25. The van der Waals surface area contributed by atoms with Crippen LogP contribution >= 0.6 is 0 Å². The van der Waals surface area contributed by atoms with Crippen molar-refractivity contribution >= 4 is 43.5 Å². The van der Waals surface area contributed by atoms with Crippen LogP contribution < -0.4 is 5.43 Å². The molecule has 0 aliphatic carbocycles. The lowest BCUT2D eigenvalue weighted by Gasteiger charge is -2.07. The monoisotopic (exact) mass is 296 g/mol. The standard InChI is InChI=1S/C21H12O2/c22-19-17-11-9-13-5-1-3-7-15(13)20(17)23-21-16-8-4-2-6-14(16)10-12-18(19)21/h1-12H. The summed E-state index contributed by atoms with van der Waals surface area (Å²) in [6.07, 6.45) is 0. The van der Waals surface area contributed by atoms with Crippen molar-refractivity contribution in [1.29, 1.82) is 0 Å². The van der Waals surface area contributed by atoms with Crippen molar-refractivity contribution in [3.05, 3.63) is 83.0 Å². The molecule has 1 aromatic heterocycles. The maximum atomic E-state index is 12.9. The Hall–Kier alpha value is -3.13. The van der Waals surface area contributed by atoms with E-state index < -0.39 is 0 Å². The molecule has 0 amide bonds. The molecule has 0 N–H and O–H groups in total. The Morgan fingerprint density at radius 3 is 1.52 bits per heavy atom. The fourth-order valence-electron chi connectivity index (χ4n) is 3.31. The molecule has 0 saturated carbocycles. The second-order valence-electron chi connectivity index (χ2n) is 5.76. The van der Waals surface area contributed by atoms with Gasteiger partial charge in [-0.1, -0.05) is 60.7 Å². The lowest BCUT2D eigenvalue weighted by Crippen LogP contribution is -2.02. The van der Waals surface area contributed by atoms with Crippen molar-refractivity contribution in [3.63, 3.8) is 0 Å². The van der Waals surface area contributed by atoms with Crippen molar-refractivity contribution in [3.8, 4) is 0 Å². The fraction of sp³-hybridized carbons (Fsp3) is 0. The Kier molecular flexibility index (Phi) is 2.39. The molecule has 0 unspecified atom stereocenters. The molecule has 0 spiro atoms. The lowest BCUT2D eigenvalue weighted by molar-refractivity contribution is 0.668. The number of benzene rings is 4. The summed E-state index contributed by atoms with van der Waals surface area (Å²) >= 11 is 0. The van der Waals surface area contributed by atoms with Gasteiger partial charge in [-0.3, -0.25) is 4.79 Å². The third-order valence-corrected chi connectivity index (χ3v) is 4.45. The third kappa shape index (κ3) is 1.66. The highest BCUT2D eigenvalue weighted by Crippen LogP contribution is 2.30. The highest BCUT2D eigenvalue weighted by Gasteiger charge is 2.12. The molecule has 5 rings (SSSR count). The average molecular weight is 296 g/mol. The summed E-state index contributed by atoms with van der Waals surface area (Å²) in [5.41, 5.74) is 1.35. The quantitative estimate of drug-likeness (QED) is 0.288. The first-order chi connectivity index (χ1) is 11.3. The molecular formula is C21H12O2. The second kappa shape index (κ2) is 4.43. The zero-order valence-electron chi connectivity index (χ0n) is 12.2. The largest absolute Gasteiger partial charge is 0.455 e. The van der Waals surface area contributed by atoms with Crippen molar-refractivity contribution < 1.29 is 4.42 Å². The smallest absolute Gasteiger partial charge is 0.200 e. The van der Waals surface area contributed by atoms with Crippen molar-refractivity contribution in [2.75, 3.05) is 0 Å². The normalized spacial score (nSPS) is 11.7. The summed E-state index contributed by atoms with van der Waals surface area (Å²) < 4.78 is 6.25. The zero-order valence-corrected chi connectivity index (χ0v) is 12.2. The minimum Gasteiger partial charge on any atom is -0.455 e. The van der Waals surface area contributed by atoms with E-state index in [0.29, 0.717) is 21.9 Å². The summed E-state index contributed by atoms with van der Waals surface area (Å²) in [5, 5.41) is 5.34. The zero-order chi connectivity index (χ0) is 15.4. The molecule has 2 nitrogen and oxygen atoms in total. The number of hydrogen-bond donors (Lipinski definition) is 0. The van der Waals surface area contributed by atoms with Crippen LogP contribution in [-0.4, -0.2) is 0 Å². The molecule has 1 heterocycles. The number of rotatable bonds is 0. The van der Waals surface area contributed by atoms with Crippen LogP contribution in [0.3, 0.4) is 0 Å². The van der Waals surface area contributed by atoms with Gasteiger partial charge in [-0.15, -0.1) is 0 Å². The van der Waals surface area contributed by atoms with E-state index in [1.165, 1.54) is 0 Å². The van der Waals surface area contributed by atoms with E-state index in [1.807, 2.05) is 72.8 Å². The Bertz CT molecular complexity index is 1180. The minimum absolute atomic E-state index is 0.0257. The minimum atomic E-state index is 0.0257. The molecule has 0 atom stereocenters. The Balaban J connectivity index is 2.12. The van der Waals surface area contributed by atoms with Crippen LogP contribution in [-0.2, 0) is 0 Å². The Morgan fingerprint density at radius 2 is 1.00 bits per heavy atom. The van der Waals surface area contributed by atoms with Crippen LogP contribution in [0.2, 0.25) is 0 Å². The highest BCUT2D eigenvalue weighted by atomic mass is 16.3.